The molecule has 2 rings (SSSR count). The Morgan fingerprint density at radius 3 is 2.26 bits per heavy atom. The lowest BCUT2D eigenvalue weighted by Gasteiger charge is -2.30. The molecule has 0 aliphatic carbocycles. The van der Waals surface area contributed by atoms with Crippen molar-refractivity contribution < 1.29 is 0 Å². The van der Waals surface area contributed by atoms with Crippen molar-refractivity contribution in [1.29, 1.82) is 0 Å². The van der Waals surface area contributed by atoms with Crippen LogP contribution in [-0.2, 0) is 5.41 Å². The fraction of sp³-hybridized carbons (Fsp3) is 0.625. The number of benzene rings is 1. The quantitative estimate of drug-likeness (QED) is 0.789. The molecule has 0 amide bonds. The summed E-state index contributed by atoms with van der Waals surface area (Å²) in [4.78, 5) is 0. The first kappa shape index (κ1) is 14.0. The molecule has 1 heterocycles. The minimum absolute atomic E-state index is 0.277. The van der Waals surface area contributed by atoms with E-state index in [2.05, 4.69) is 54.4 Å². The van der Waals surface area contributed by atoms with Crippen LogP contribution in [0.25, 0.3) is 11.0 Å². The van der Waals surface area contributed by atoms with E-state index in [1.54, 1.807) is 0 Å². The molecule has 0 radical (unpaired) electrons. The number of nitrogens with one attached hydrogen (secondary N) is 1. The number of H-pyrrole nitrogens is 1. The number of rotatable bonds is 7. The smallest absolute Gasteiger partial charge is 0.113 e. The third kappa shape index (κ3) is 3.14. The Morgan fingerprint density at radius 2 is 1.63 bits per heavy atom. The van der Waals surface area contributed by atoms with Gasteiger partial charge in [0.15, 0.2) is 0 Å². The molecule has 0 saturated heterocycles. The Balaban J connectivity index is 2.29. The fourth-order valence-electron chi connectivity index (χ4n) is 2.76. The third-order valence-electron chi connectivity index (χ3n) is 4.18. The van der Waals surface area contributed by atoms with Crippen LogP contribution < -0.4 is 0 Å². The largest absolute Gasteiger partial charge is 0.197 e. The molecule has 0 saturated carbocycles. The van der Waals surface area contributed by atoms with Crippen molar-refractivity contribution in [2.24, 2.45) is 0 Å². The maximum absolute atomic E-state index is 4.22. The van der Waals surface area contributed by atoms with Gasteiger partial charge in [-0.15, -0.1) is 0 Å². The Labute approximate surface area is 115 Å². The normalized spacial score (nSPS) is 12.2. The molecule has 0 fully saturated rings. The van der Waals surface area contributed by atoms with Crippen LogP contribution in [0.5, 0.6) is 0 Å². The topological polar surface area (TPSA) is 41.6 Å². The van der Waals surface area contributed by atoms with Crippen molar-refractivity contribution >= 4 is 11.0 Å². The van der Waals surface area contributed by atoms with E-state index in [1.165, 1.54) is 44.1 Å². The highest BCUT2D eigenvalue weighted by Gasteiger charge is 2.25. The average molecular weight is 259 g/mol. The maximum Gasteiger partial charge on any atom is 0.113 e. The number of aromatic amines is 1. The zero-order chi connectivity index (χ0) is 13.7. The monoisotopic (exact) mass is 259 g/mol. The van der Waals surface area contributed by atoms with Gasteiger partial charge in [0.05, 0.1) is 0 Å². The lowest BCUT2D eigenvalue weighted by atomic mass is 9.74. The van der Waals surface area contributed by atoms with Crippen LogP contribution in [0.4, 0.5) is 0 Å². The predicted molar refractivity (Wildman–Crippen MR) is 80.3 cm³/mol. The van der Waals surface area contributed by atoms with Crippen LogP contribution in [0.15, 0.2) is 18.2 Å². The molecule has 1 N–H and O–H groups in total. The molecule has 1 aromatic heterocycles. The van der Waals surface area contributed by atoms with Gasteiger partial charge in [-0.05, 0) is 36.0 Å². The van der Waals surface area contributed by atoms with Crippen molar-refractivity contribution in [3.05, 3.63) is 23.8 Å². The number of fused-ring (bicyclic) bond motifs is 1. The van der Waals surface area contributed by atoms with Crippen molar-refractivity contribution in [2.75, 3.05) is 0 Å². The van der Waals surface area contributed by atoms with Gasteiger partial charge in [0.1, 0.15) is 11.0 Å². The van der Waals surface area contributed by atoms with Crippen LogP contribution in [-0.4, -0.2) is 15.4 Å². The van der Waals surface area contributed by atoms with E-state index in [4.69, 9.17) is 0 Å². The summed E-state index contributed by atoms with van der Waals surface area (Å²) in [7, 11) is 0. The van der Waals surface area contributed by atoms with Crippen LogP contribution in [0.1, 0.15) is 64.9 Å². The van der Waals surface area contributed by atoms with E-state index < -0.39 is 0 Å². The van der Waals surface area contributed by atoms with Crippen LogP contribution in [0.3, 0.4) is 0 Å². The molecule has 19 heavy (non-hydrogen) atoms. The molecule has 0 aliphatic heterocycles. The van der Waals surface area contributed by atoms with Gasteiger partial charge in [-0.2, -0.15) is 15.4 Å². The molecule has 3 heteroatoms. The van der Waals surface area contributed by atoms with Gasteiger partial charge in [0.2, 0.25) is 0 Å². The zero-order valence-corrected chi connectivity index (χ0v) is 12.4. The Hall–Kier alpha value is -1.38. The first-order chi connectivity index (χ1) is 9.19. The fourth-order valence-corrected chi connectivity index (χ4v) is 2.76. The Bertz CT molecular complexity index is 507. The second-order valence-corrected chi connectivity index (χ2v) is 5.79. The van der Waals surface area contributed by atoms with E-state index in [-0.39, 0.29) is 5.41 Å². The summed E-state index contributed by atoms with van der Waals surface area (Å²) in [6.07, 6.45) is 7.61. The molecule has 0 spiro atoms. The second kappa shape index (κ2) is 6.18. The summed E-state index contributed by atoms with van der Waals surface area (Å²) in [5, 5.41) is 11.1. The van der Waals surface area contributed by atoms with Crippen molar-refractivity contribution in [3.63, 3.8) is 0 Å². The van der Waals surface area contributed by atoms with E-state index in [9.17, 15) is 0 Å². The zero-order valence-electron chi connectivity index (χ0n) is 12.4. The summed E-state index contributed by atoms with van der Waals surface area (Å²) in [6, 6.07) is 6.53. The molecule has 104 valence electrons. The van der Waals surface area contributed by atoms with Gasteiger partial charge in [-0.25, -0.2) is 0 Å². The van der Waals surface area contributed by atoms with Gasteiger partial charge in [-0.3, -0.25) is 0 Å². The van der Waals surface area contributed by atoms with Crippen molar-refractivity contribution in [3.8, 4) is 0 Å². The SMILES string of the molecule is CCCCC(C)(CCCC)c1ccc2n[nH]nc2c1. The van der Waals surface area contributed by atoms with Crippen molar-refractivity contribution in [1.82, 2.24) is 15.4 Å². The first-order valence-corrected chi connectivity index (χ1v) is 7.50. The highest BCUT2D eigenvalue weighted by atomic mass is 15.3. The van der Waals surface area contributed by atoms with Gasteiger partial charge < -0.3 is 0 Å². The van der Waals surface area contributed by atoms with E-state index in [0.29, 0.717) is 0 Å². The van der Waals surface area contributed by atoms with Gasteiger partial charge >= 0.3 is 0 Å². The molecule has 3 nitrogen and oxygen atoms in total. The molecule has 1 aromatic carbocycles. The maximum atomic E-state index is 4.22. The number of unbranched alkanes of at least 4 members (excludes halogenated alkanes) is 2. The summed E-state index contributed by atoms with van der Waals surface area (Å²) in [5.74, 6) is 0. The third-order valence-corrected chi connectivity index (χ3v) is 4.18. The number of hydrogen-bond donors (Lipinski definition) is 1. The number of nitrogens with zero attached hydrogens (tertiary/aromatic N) is 2. The average Bonchev–Trinajstić information content (AvgIpc) is 2.90. The summed E-state index contributed by atoms with van der Waals surface area (Å²) in [5.41, 5.74) is 3.63. The lowest BCUT2D eigenvalue weighted by molar-refractivity contribution is 0.375. The predicted octanol–water partition coefficient (Wildman–Crippen LogP) is 4.60. The van der Waals surface area contributed by atoms with Gasteiger partial charge in [0.25, 0.3) is 0 Å². The van der Waals surface area contributed by atoms with E-state index >= 15 is 0 Å². The summed E-state index contributed by atoms with van der Waals surface area (Å²) < 4.78 is 0. The first-order valence-electron chi connectivity index (χ1n) is 7.50. The molecule has 0 bridgehead atoms. The van der Waals surface area contributed by atoms with Gasteiger partial charge in [0, 0.05) is 0 Å². The highest BCUT2D eigenvalue weighted by molar-refractivity contribution is 5.74. The number of hydrogen-bond acceptors (Lipinski definition) is 2. The molecular weight excluding hydrogens is 234 g/mol. The van der Waals surface area contributed by atoms with E-state index in [0.717, 1.165) is 11.0 Å². The Morgan fingerprint density at radius 1 is 1.00 bits per heavy atom. The van der Waals surface area contributed by atoms with Crippen LogP contribution in [0.2, 0.25) is 0 Å². The summed E-state index contributed by atoms with van der Waals surface area (Å²) in [6.45, 7) is 6.93. The standard InChI is InChI=1S/C16H25N3/c1-4-6-10-16(3,11-7-5-2)13-8-9-14-15(12-13)18-19-17-14/h8-9,12H,4-7,10-11H2,1-3H3,(H,17,18,19). The number of aromatic nitrogens is 3. The molecule has 0 atom stereocenters. The van der Waals surface area contributed by atoms with Gasteiger partial charge in [-0.1, -0.05) is 52.5 Å². The minimum Gasteiger partial charge on any atom is -0.197 e. The van der Waals surface area contributed by atoms with Crippen LogP contribution in [0, 0.1) is 0 Å². The van der Waals surface area contributed by atoms with E-state index in [1.807, 2.05) is 0 Å². The highest BCUT2D eigenvalue weighted by Crippen LogP contribution is 2.35. The molecular formula is C16H25N3. The van der Waals surface area contributed by atoms with Crippen molar-refractivity contribution in [2.45, 2.75) is 64.7 Å². The second-order valence-electron chi connectivity index (χ2n) is 5.79. The summed E-state index contributed by atoms with van der Waals surface area (Å²) >= 11 is 0. The molecule has 0 unspecified atom stereocenters. The Kier molecular flexibility index (Phi) is 4.56. The minimum atomic E-state index is 0.277. The molecule has 0 aliphatic rings. The van der Waals surface area contributed by atoms with Crippen LogP contribution >= 0.6 is 0 Å². The molecule has 2 aromatic rings. The lowest BCUT2D eigenvalue weighted by Crippen LogP contribution is -2.22.